The first kappa shape index (κ1) is 29.4. The minimum Gasteiger partial charge on any atom is -0.357 e. The lowest BCUT2D eigenvalue weighted by Crippen LogP contribution is -2.53. The second-order valence-electron chi connectivity index (χ2n) is 9.23. The molecule has 0 aliphatic rings. The summed E-state index contributed by atoms with van der Waals surface area (Å²) in [4.78, 5) is 28.4. The van der Waals surface area contributed by atoms with E-state index in [1.54, 1.807) is 48.5 Å². The molecule has 1 N–H and O–H groups in total. The van der Waals surface area contributed by atoms with Gasteiger partial charge in [-0.2, -0.15) is 0 Å². The van der Waals surface area contributed by atoms with E-state index in [0.717, 1.165) is 22.0 Å². The van der Waals surface area contributed by atoms with E-state index >= 15 is 0 Å². The van der Waals surface area contributed by atoms with Crippen molar-refractivity contribution in [3.05, 3.63) is 132 Å². The lowest BCUT2D eigenvalue weighted by Gasteiger charge is -2.33. The first-order chi connectivity index (χ1) is 19.7. The average molecular weight is 578 g/mol. The van der Waals surface area contributed by atoms with Crippen LogP contribution in [0.3, 0.4) is 0 Å². The molecule has 1 atom stereocenters. The normalized spacial score (nSPS) is 11.9. The number of rotatable bonds is 11. The van der Waals surface area contributed by atoms with Crippen molar-refractivity contribution in [1.82, 2.24) is 10.2 Å². The second kappa shape index (κ2) is 13.2. The molecular formula is C31H29F2N3O4S. The smallest absolute Gasteiger partial charge is 0.264 e. The van der Waals surface area contributed by atoms with E-state index in [-0.39, 0.29) is 29.1 Å². The molecule has 0 aromatic heterocycles. The fourth-order valence-corrected chi connectivity index (χ4v) is 5.82. The molecule has 0 heterocycles. The van der Waals surface area contributed by atoms with Gasteiger partial charge in [0.15, 0.2) is 0 Å². The third-order valence-electron chi connectivity index (χ3n) is 6.54. The van der Waals surface area contributed by atoms with Gasteiger partial charge in [0.2, 0.25) is 11.8 Å². The topological polar surface area (TPSA) is 86.8 Å². The third-order valence-corrected chi connectivity index (χ3v) is 8.33. The maximum absolute atomic E-state index is 14.8. The van der Waals surface area contributed by atoms with E-state index in [4.69, 9.17) is 0 Å². The molecule has 4 rings (SSSR count). The minimum atomic E-state index is -4.30. The van der Waals surface area contributed by atoms with Crippen LogP contribution >= 0.6 is 0 Å². The van der Waals surface area contributed by atoms with Crippen LogP contribution in [-0.4, -0.2) is 44.8 Å². The maximum Gasteiger partial charge on any atom is 0.264 e. The lowest BCUT2D eigenvalue weighted by atomic mass is 10.0. The number of benzene rings is 4. The molecule has 4 aromatic carbocycles. The largest absolute Gasteiger partial charge is 0.357 e. The van der Waals surface area contributed by atoms with E-state index < -0.39 is 46.1 Å². The van der Waals surface area contributed by atoms with Crippen molar-refractivity contribution in [3.8, 4) is 0 Å². The fourth-order valence-electron chi connectivity index (χ4n) is 4.39. The van der Waals surface area contributed by atoms with Gasteiger partial charge in [0.05, 0.1) is 10.6 Å². The molecule has 0 unspecified atom stereocenters. The minimum absolute atomic E-state index is 0.0500. The zero-order valence-electron chi connectivity index (χ0n) is 22.3. The summed E-state index contributed by atoms with van der Waals surface area (Å²) in [5.74, 6) is -2.41. The molecule has 7 nitrogen and oxygen atoms in total. The number of likely N-dealkylation sites (N-methyl/N-ethyl adjacent to an activating group) is 1. The monoisotopic (exact) mass is 577 g/mol. The van der Waals surface area contributed by atoms with Gasteiger partial charge in [-0.05, 0) is 48.0 Å². The van der Waals surface area contributed by atoms with Gasteiger partial charge in [0.25, 0.3) is 10.0 Å². The van der Waals surface area contributed by atoms with Crippen LogP contribution in [0.1, 0.15) is 11.1 Å². The highest BCUT2D eigenvalue weighted by molar-refractivity contribution is 7.92. The maximum atomic E-state index is 14.8. The molecule has 0 fully saturated rings. The van der Waals surface area contributed by atoms with Crippen LogP contribution in [0.4, 0.5) is 14.5 Å². The molecule has 41 heavy (non-hydrogen) atoms. The number of nitrogens with one attached hydrogen (secondary N) is 1. The number of anilines is 1. The Balaban J connectivity index is 1.78. The molecule has 0 saturated carbocycles. The first-order valence-corrected chi connectivity index (χ1v) is 14.3. The van der Waals surface area contributed by atoms with Crippen molar-refractivity contribution in [2.45, 2.75) is 23.9 Å². The summed E-state index contributed by atoms with van der Waals surface area (Å²) in [5, 5.41) is 2.57. The van der Waals surface area contributed by atoms with Crippen molar-refractivity contribution >= 4 is 27.5 Å². The zero-order valence-corrected chi connectivity index (χ0v) is 23.1. The van der Waals surface area contributed by atoms with E-state index in [1.807, 2.05) is 6.07 Å². The van der Waals surface area contributed by atoms with Gasteiger partial charge < -0.3 is 10.2 Å². The highest BCUT2D eigenvalue weighted by Crippen LogP contribution is 2.25. The van der Waals surface area contributed by atoms with Crippen molar-refractivity contribution in [2.24, 2.45) is 0 Å². The Morgan fingerprint density at radius 2 is 1.39 bits per heavy atom. The summed E-state index contributed by atoms with van der Waals surface area (Å²) in [7, 11) is -2.87. The first-order valence-electron chi connectivity index (χ1n) is 12.8. The van der Waals surface area contributed by atoms with Gasteiger partial charge >= 0.3 is 0 Å². The molecule has 0 aliphatic carbocycles. The Kier molecular flexibility index (Phi) is 9.46. The predicted molar refractivity (Wildman–Crippen MR) is 152 cm³/mol. The number of amides is 2. The summed E-state index contributed by atoms with van der Waals surface area (Å²) >= 11 is 0. The van der Waals surface area contributed by atoms with Gasteiger partial charge in [-0.25, -0.2) is 17.2 Å². The predicted octanol–water partition coefficient (Wildman–Crippen LogP) is 4.55. The number of halogens is 2. The van der Waals surface area contributed by atoms with Crippen molar-refractivity contribution in [3.63, 3.8) is 0 Å². The molecular weight excluding hydrogens is 548 g/mol. The van der Waals surface area contributed by atoms with Crippen LogP contribution in [0.15, 0.2) is 114 Å². The van der Waals surface area contributed by atoms with Crippen molar-refractivity contribution < 1.29 is 26.8 Å². The number of nitrogens with zero attached hydrogens (tertiary/aromatic N) is 2. The van der Waals surface area contributed by atoms with Gasteiger partial charge in [0.1, 0.15) is 24.2 Å². The molecule has 0 radical (unpaired) electrons. The molecule has 0 aliphatic heterocycles. The molecule has 0 spiro atoms. The SMILES string of the molecule is CNC(=O)[C@H](Cc1ccccc1)N(Cc1ccccc1F)C(=O)CN(c1ccc(F)cc1)S(=O)(=O)c1ccccc1. The van der Waals surface area contributed by atoms with E-state index in [9.17, 15) is 26.8 Å². The summed E-state index contributed by atoms with van der Waals surface area (Å²) < 4.78 is 56.9. The summed E-state index contributed by atoms with van der Waals surface area (Å²) in [5.41, 5.74) is 0.954. The fraction of sp³-hybridized carbons (Fsp3) is 0.161. The number of carbonyl (C=O) groups excluding carboxylic acids is 2. The van der Waals surface area contributed by atoms with Gasteiger partial charge in [-0.1, -0.05) is 66.7 Å². The van der Waals surface area contributed by atoms with Crippen molar-refractivity contribution in [1.29, 1.82) is 0 Å². The summed E-state index contributed by atoms with van der Waals surface area (Å²) in [6.45, 7) is -1.02. The van der Waals surface area contributed by atoms with E-state index in [0.29, 0.717) is 0 Å². The number of hydrogen-bond acceptors (Lipinski definition) is 4. The van der Waals surface area contributed by atoms with E-state index in [2.05, 4.69) is 5.32 Å². The lowest BCUT2D eigenvalue weighted by molar-refractivity contribution is -0.139. The van der Waals surface area contributed by atoms with Crippen LogP contribution in [0.25, 0.3) is 0 Å². The number of carbonyl (C=O) groups is 2. The Bertz CT molecular complexity index is 1580. The highest BCUT2D eigenvalue weighted by Gasteiger charge is 2.34. The Labute approximate surface area is 238 Å². The third kappa shape index (κ3) is 7.15. The van der Waals surface area contributed by atoms with Gasteiger partial charge in [-0.15, -0.1) is 0 Å². The van der Waals surface area contributed by atoms with E-state index in [1.165, 1.54) is 54.4 Å². The molecule has 0 saturated heterocycles. The quantitative estimate of drug-likeness (QED) is 0.284. The van der Waals surface area contributed by atoms with Crippen LogP contribution in [0.2, 0.25) is 0 Å². The molecule has 212 valence electrons. The Morgan fingerprint density at radius 1 is 0.805 bits per heavy atom. The molecule has 2 amide bonds. The average Bonchev–Trinajstić information content (AvgIpc) is 2.99. The van der Waals surface area contributed by atoms with Crippen LogP contribution < -0.4 is 9.62 Å². The van der Waals surface area contributed by atoms with Gasteiger partial charge in [-0.3, -0.25) is 13.9 Å². The molecule has 10 heteroatoms. The van der Waals surface area contributed by atoms with Gasteiger partial charge in [0, 0.05) is 25.6 Å². The zero-order chi connectivity index (χ0) is 29.4. The summed E-state index contributed by atoms with van der Waals surface area (Å²) in [6, 6.07) is 26.0. The number of sulfonamides is 1. The van der Waals surface area contributed by atoms with Crippen LogP contribution in [-0.2, 0) is 32.6 Å². The van der Waals surface area contributed by atoms with Crippen LogP contribution in [0.5, 0.6) is 0 Å². The number of hydrogen-bond donors (Lipinski definition) is 1. The Hall–Kier alpha value is -4.57. The standard InChI is InChI=1S/C31H29F2N3O4S/c1-34-31(38)29(20-23-10-4-2-5-11-23)35(21-24-12-8-9-15-28(24)33)30(37)22-36(26-18-16-25(32)17-19-26)41(39,40)27-13-6-3-7-14-27/h2-19,29H,20-22H2,1H3,(H,34,38)/t29-/m0/s1. The Morgan fingerprint density at radius 3 is 2.00 bits per heavy atom. The summed E-state index contributed by atoms with van der Waals surface area (Å²) in [6.07, 6.45) is 0.0999. The second-order valence-corrected chi connectivity index (χ2v) is 11.1. The van der Waals surface area contributed by atoms with Crippen molar-refractivity contribution in [2.75, 3.05) is 17.9 Å². The molecule has 0 bridgehead atoms. The highest BCUT2D eigenvalue weighted by atomic mass is 32.2. The molecule has 4 aromatic rings. The van der Waals surface area contributed by atoms with Crippen LogP contribution in [0, 0.1) is 11.6 Å².